The summed E-state index contributed by atoms with van der Waals surface area (Å²) in [6.07, 6.45) is 3.68. The third-order valence-corrected chi connectivity index (χ3v) is 5.70. The molecule has 0 aliphatic carbocycles. The van der Waals surface area contributed by atoms with Crippen molar-refractivity contribution in [2.45, 2.75) is 44.7 Å². The molecule has 0 fully saturated rings. The van der Waals surface area contributed by atoms with Crippen LogP contribution in [-0.2, 0) is 17.6 Å². The summed E-state index contributed by atoms with van der Waals surface area (Å²) in [6, 6.07) is 18.3. The van der Waals surface area contributed by atoms with Gasteiger partial charge in [0.2, 0.25) is 5.91 Å². The van der Waals surface area contributed by atoms with Gasteiger partial charge in [-0.1, -0.05) is 55.4 Å². The van der Waals surface area contributed by atoms with Crippen LogP contribution < -0.4 is 10.1 Å². The maximum absolute atomic E-state index is 12.2. The first-order chi connectivity index (χ1) is 15.2. The molecule has 0 aliphatic rings. The molecule has 1 heterocycles. The number of hydrogen-bond acceptors (Lipinski definition) is 5. The summed E-state index contributed by atoms with van der Waals surface area (Å²) in [5.41, 5.74) is 2.22. The van der Waals surface area contributed by atoms with Crippen molar-refractivity contribution in [3.63, 3.8) is 0 Å². The van der Waals surface area contributed by atoms with E-state index in [9.17, 15) is 4.79 Å². The minimum atomic E-state index is 0.0190. The number of nitrogens with zero attached hydrogens (tertiary/aromatic N) is 3. The van der Waals surface area contributed by atoms with Crippen LogP contribution in [0.5, 0.6) is 5.75 Å². The van der Waals surface area contributed by atoms with Crippen molar-refractivity contribution in [3.05, 3.63) is 66.0 Å². The van der Waals surface area contributed by atoms with Crippen LogP contribution in [0.15, 0.2) is 59.8 Å². The Kier molecular flexibility index (Phi) is 8.97. The zero-order valence-electron chi connectivity index (χ0n) is 18.2. The van der Waals surface area contributed by atoms with Crippen LogP contribution in [0.4, 0.5) is 0 Å². The highest BCUT2D eigenvalue weighted by atomic mass is 32.2. The van der Waals surface area contributed by atoms with Crippen LogP contribution in [0.3, 0.4) is 0 Å². The molecule has 1 N–H and O–H groups in total. The monoisotopic (exact) mass is 438 g/mol. The molecule has 2 aromatic carbocycles. The molecule has 1 aromatic heterocycles. The highest BCUT2D eigenvalue weighted by Crippen LogP contribution is 2.24. The summed E-state index contributed by atoms with van der Waals surface area (Å²) in [6.45, 7) is 5.42. The first-order valence-electron chi connectivity index (χ1n) is 10.8. The number of unbranched alkanes of at least 4 members (excludes halogenated alkanes) is 1. The Hall–Kier alpha value is -2.80. The number of carbonyl (C=O) groups excluding carboxylic acids is 1. The maximum atomic E-state index is 12.2. The van der Waals surface area contributed by atoms with Gasteiger partial charge in [0.05, 0.1) is 12.4 Å². The van der Waals surface area contributed by atoms with Gasteiger partial charge in [-0.2, -0.15) is 0 Å². The van der Waals surface area contributed by atoms with Crippen molar-refractivity contribution in [1.82, 2.24) is 20.1 Å². The molecule has 3 aromatic rings. The number of amides is 1. The summed E-state index contributed by atoms with van der Waals surface area (Å²) < 4.78 is 7.62. The Bertz CT molecular complexity index is 942. The molecular weight excluding hydrogens is 408 g/mol. The number of carbonyl (C=O) groups is 1. The van der Waals surface area contributed by atoms with Crippen molar-refractivity contribution in [2.75, 3.05) is 18.9 Å². The molecular formula is C24H30N4O2S. The second-order valence-corrected chi connectivity index (χ2v) is 8.08. The Morgan fingerprint density at radius 1 is 1.03 bits per heavy atom. The number of aryl methyl sites for hydroxylation is 2. The minimum Gasteiger partial charge on any atom is -0.494 e. The van der Waals surface area contributed by atoms with E-state index in [4.69, 9.17) is 4.74 Å². The van der Waals surface area contributed by atoms with Gasteiger partial charge in [-0.15, -0.1) is 10.2 Å². The molecule has 6 nitrogen and oxygen atoms in total. The van der Waals surface area contributed by atoms with Crippen LogP contribution in [0, 0.1) is 0 Å². The maximum Gasteiger partial charge on any atom is 0.230 e. The van der Waals surface area contributed by atoms with Gasteiger partial charge >= 0.3 is 0 Å². The van der Waals surface area contributed by atoms with Gasteiger partial charge in [0.25, 0.3) is 0 Å². The molecule has 31 heavy (non-hydrogen) atoms. The van der Waals surface area contributed by atoms with E-state index in [0.29, 0.717) is 18.9 Å². The highest BCUT2D eigenvalue weighted by Gasteiger charge is 2.16. The fraction of sp³-hybridized carbons (Fsp3) is 0.375. The van der Waals surface area contributed by atoms with E-state index in [2.05, 4.69) is 34.6 Å². The number of hydrogen-bond donors (Lipinski definition) is 1. The predicted molar refractivity (Wildman–Crippen MR) is 125 cm³/mol. The Morgan fingerprint density at radius 2 is 1.81 bits per heavy atom. The third kappa shape index (κ3) is 6.85. The van der Waals surface area contributed by atoms with E-state index >= 15 is 0 Å². The molecule has 0 radical (unpaired) electrons. The Morgan fingerprint density at radius 3 is 2.52 bits per heavy atom. The van der Waals surface area contributed by atoms with Crippen LogP contribution in [0.1, 0.15) is 38.1 Å². The van der Waals surface area contributed by atoms with Crippen LogP contribution in [-0.4, -0.2) is 39.6 Å². The van der Waals surface area contributed by atoms with E-state index in [1.165, 1.54) is 17.3 Å². The van der Waals surface area contributed by atoms with Gasteiger partial charge in [0, 0.05) is 18.7 Å². The summed E-state index contributed by atoms with van der Waals surface area (Å²) in [5, 5.41) is 12.5. The number of ether oxygens (including phenoxy) is 1. The molecule has 0 atom stereocenters. The first-order valence-corrected chi connectivity index (χ1v) is 11.8. The van der Waals surface area contributed by atoms with E-state index in [1.807, 2.05) is 54.0 Å². The Balaban J connectivity index is 1.77. The average molecular weight is 439 g/mol. The summed E-state index contributed by atoms with van der Waals surface area (Å²) in [4.78, 5) is 12.2. The van der Waals surface area contributed by atoms with Gasteiger partial charge < -0.3 is 10.1 Å². The molecule has 0 aliphatic heterocycles. The molecule has 164 valence electrons. The molecule has 1 amide bonds. The van der Waals surface area contributed by atoms with Crippen molar-refractivity contribution in [3.8, 4) is 11.4 Å². The fourth-order valence-electron chi connectivity index (χ4n) is 3.16. The molecule has 0 spiro atoms. The number of thioether (sulfide) groups is 1. The average Bonchev–Trinajstić information content (AvgIpc) is 3.21. The summed E-state index contributed by atoms with van der Waals surface area (Å²) >= 11 is 1.41. The van der Waals surface area contributed by atoms with Crippen molar-refractivity contribution in [1.29, 1.82) is 0 Å². The number of benzene rings is 2. The van der Waals surface area contributed by atoms with E-state index in [0.717, 1.165) is 48.1 Å². The molecule has 0 saturated carbocycles. The fourth-order valence-corrected chi connectivity index (χ4v) is 3.96. The smallest absolute Gasteiger partial charge is 0.230 e. The van der Waals surface area contributed by atoms with E-state index in [1.54, 1.807) is 0 Å². The SMILES string of the molecule is CCCCNC(=O)CSc1nnc(CCc2ccccc2)n1-c1ccc(OCC)cc1. The zero-order valence-corrected chi connectivity index (χ0v) is 19.0. The van der Waals surface area contributed by atoms with Gasteiger partial charge in [0.15, 0.2) is 5.16 Å². The molecule has 3 rings (SSSR count). The molecule has 0 bridgehead atoms. The normalized spacial score (nSPS) is 10.8. The van der Waals surface area contributed by atoms with Gasteiger partial charge in [-0.3, -0.25) is 9.36 Å². The third-order valence-electron chi connectivity index (χ3n) is 4.77. The van der Waals surface area contributed by atoms with E-state index < -0.39 is 0 Å². The molecule has 0 saturated heterocycles. The number of nitrogens with one attached hydrogen (secondary N) is 1. The minimum absolute atomic E-state index is 0.0190. The second-order valence-electron chi connectivity index (χ2n) is 7.14. The first kappa shape index (κ1) is 22.9. The van der Waals surface area contributed by atoms with Gasteiger partial charge in [0.1, 0.15) is 11.6 Å². The lowest BCUT2D eigenvalue weighted by Crippen LogP contribution is -2.26. The summed E-state index contributed by atoms with van der Waals surface area (Å²) in [5.74, 6) is 2.04. The van der Waals surface area contributed by atoms with Crippen molar-refractivity contribution < 1.29 is 9.53 Å². The second kappa shape index (κ2) is 12.2. The lowest BCUT2D eigenvalue weighted by Gasteiger charge is -2.11. The van der Waals surface area contributed by atoms with E-state index in [-0.39, 0.29) is 5.91 Å². The quantitative estimate of drug-likeness (QED) is 0.334. The lowest BCUT2D eigenvalue weighted by molar-refractivity contribution is -0.118. The lowest BCUT2D eigenvalue weighted by atomic mass is 10.1. The largest absolute Gasteiger partial charge is 0.494 e. The number of rotatable bonds is 12. The van der Waals surface area contributed by atoms with Gasteiger partial charge in [-0.05, 0) is 49.6 Å². The van der Waals surface area contributed by atoms with Crippen LogP contribution in [0.25, 0.3) is 5.69 Å². The zero-order chi connectivity index (χ0) is 21.9. The Labute approximate surface area is 188 Å². The number of aromatic nitrogens is 3. The summed E-state index contributed by atoms with van der Waals surface area (Å²) in [7, 11) is 0. The molecule has 0 unspecified atom stereocenters. The van der Waals surface area contributed by atoms with Gasteiger partial charge in [-0.25, -0.2) is 0 Å². The van der Waals surface area contributed by atoms with Crippen molar-refractivity contribution in [2.24, 2.45) is 0 Å². The van der Waals surface area contributed by atoms with Crippen LogP contribution >= 0.6 is 11.8 Å². The highest BCUT2D eigenvalue weighted by molar-refractivity contribution is 7.99. The topological polar surface area (TPSA) is 69.0 Å². The molecule has 7 heteroatoms. The van der Waals surface area contributed by atoms with Crippen LogP contribution in [0.2, 0.25) is 0 Å². The standard InChI is InChI=1S/C24H30N4O2S/c1-3-5-17-25-23(29)18-31-24-27-26-22(16-11-19-9-7-6-8-10-19)28(24)20-12-14-21(15-13-20)30-4-2/h6-10,12-15H,3-5,11,16-18H2,1-2H3,(H,25,29). The van der Waals surface area contributed by atoms with Crippen molar-refractivity contribution >= 4 is 17.7 Å². The predicted octanol–water partition coefficient (Wildman–Crippen LogP) is 4.46.